The lowest BCUT2D eigenvalue weighted by molar-refractivity contribution is 0.731. The van der Waals surface area contributed by atoms with Crippen LogP contribution in [0, 0.1) is 6.92 Å². The van der Waals surface area contributed by atoms with Gasteiger partial charge in [0.2, 0.25) is 0 Å². The molecule has 3 nitrogen and oxygen atoms in total. The Morgan fingerprint density at radius 3 is 3.00 bits per heavy atom. The summed E-state index contributed by atoms with van der Waals surface area (Å²) < 4.78 is 1.72. The van der Waals surface area contributed by atoms with E-state index in [-0.39, 0.29) is 6.04 Å². The number of nitrogens with zero attached hydrogens (tertiary/aromatic N) is 2. The summed E-state index contributed by atoms with van der Waals surface area (Å²) in [5.74, 6) is 2.36. The van der Waals surface area contributed by atoms with Gasteiger partial charge in [-0.3, -0.25) is 4.68 Å². The van der Waals surface area contributed by atoms with Gasteiger partial charge in [0.05, 0.1) is 5.69 Å². The van der Waals surface area contributed by atoms with E-state index in [1.165, 1.54) is 27.5 Å². The summed E-state index contributed by atoms with van der Waals surface area (Å²) in [6.45, 7) is 1.99. The first-order valence-electron chi connectivity index (χ1n) is 6.69. The summed E-state index contributed by atoms with van der Waals surface area (Å²) in [5.41, 5.74) is 9.92. The van der Waals surface area contributed by atoms with Gasteiger partial charge in [-0.1, -0.05) is 11.6 Å². The van der Waals surface area contributed by atoms with E-state index in [0.717, 1.165) is 23.4 Å². The number of aromatic nitrogens is 2. The molecule has 0 spiro atoms. The zero-order valence-electron chi connectivity index (χ0n) is 11.6. The van der Waals surface area contributed by atoms with E-state index in [2.05, 4.69) is 11.2 Å². The normalized spacial score (nSPS) is 16.2. The number of rotatable bonds is 3. The smallest absolute Gasteiger partial charge is 0.130 e. The van der Waals surface area contributed by atoms with Crippen molar-refractivity contribution < 1.29 is 0 Å². The maximum atomic E-state index is 6.39. The maximum Gasteiger partial charge on any atom is 0.130 e. The minimum Gasteiger partial charge on any atom is -0.323 e. The molecule has 3 heterocycles. The van der Waals surface area contributed by atoms with Crippen molar-refractivity contribution in [3.8, 4) is 0 Å². The largest absolute Gasteiger partial charge is 0.323 e. The van der Waals surface area contributed by atoms with Gasteiger partial charge in [-0.15, -0.1) is 11.3 Å². The monoisotopic (exact) mass is 327 g/mol. The van der Waals surface area contributed by atoms with Crippen molar-refractivity contribution in [1.82, 2.24) is 9.78 Å². The number of aryl methyl sites for hydroxylation is 3. The summed E-state index contributed by atoms with van der Waals surface area (Å²) in [5, 5.41) is 5.06. The van der Waals surface area contributed by atoms with Gasteiger partial charge in [-0.2, -0.15) is 16.9 Å². The van der Waals surface area contributed by atoms with Crippen LogP contribution in [-0.4, -0.2) is 15.5 Å². The summed E-state index contributed by atoms with van der Waals surface area (Å²) in [4.78, 5) is 2.79. The lowest BCUT2D eigenvalue weighted by atomic mass is 10.1. The Labute approximate surface area is 132 Å². The first-order valence-corrected chi connectivity index (χ1v) is 9.04. The first kappa shape index (κ1) is 14.4. The van der Waals surface area contributed by atoms with Crippen LogP contribution in [0.1, 0.15) is 32.6 Å². The van der Waals surface area contributed by atoms with E-state index in [1.54, 1.807) is 4.68 Å². The Morgan fingerprint density at radius 1 is 1.55 bits per heavy atom. The molecule has 108 valence electrons. The average Bonchev–Trinajstić information content (AvgIpc) is 2.95. The van der Waals surface area contributed by atoms with Crippen molar-refractivity contribution in [3.63, 3.8) is 0 Å². The molecule has 2 aromatic heterocycles. The summed E-state index contributed by atoms with van der Waals surface area (Å²) >= 11 is 10.2. The molecule has 2 aromatic rings. The predicted molar refractivity (Wildman–Crippen MR) is 87.8 cm³/mol. The Balaban J connectivity index is 1.82. The molecule has 0 saturated heterocycles. The van der Waals surface area contributed by atoms with Crippen molar-refractivity contribution in [2.45, 2.75) is 31.6 Å². The van der Waals surface area contributed by atoms with Crippen LogP contribution in [0.15, 0.2) is 6.07 Å². The fourth-order valence-electron chi connectivity index (χ4n) is 2.58. The number of fused-ring (bicyclic) bond motifs is 1. The van der Waals surface area contributed by atoms with Gasteiger partial charge in [0, 0.05) is 34.2 Å². The minimum absolute atomic E-state index is 0.0102. The number of thioether (sulfide) groups is 1. The zero-order chi connectivity index (χ0) is 14.3. The highest BCUT2D eigenvalue weighted by Crippen LogP contribution is 2.35. The highest BCUT2D eigenvalue weighted by Gasteiger charge is 2.20. The van der Waals surface area contributed by atoms with Crippen LogP contribution in [-0.2, 0) is 25.6 Å². The van der Waals surface area contributed by atoms with Crippen LogP contribution in [0.4, 0.5) is 0 Å². The molecule has 0 aliphatic carbocycles. The van der Waals surface area contributed by atoms with Crippen LogP contribution < -0.4 is 5.73 Å². The molecule has 0 bridgehead atoms. The van der Waals surface area contributed by atoms with Crippen LogP contribution in [0.3, 0.4) is 0 Å². The van der Waals surface area contributed by atoms with Gasteiger partial charge < -0.3 is 5.73 Å². The van der Waals surface area contributed by atoms with E-state index in [0.29, 0.717) is 5.15 Å². The number of halogens is 1. The molecule has 0 radical (unpaired) electrons. The third kappa shape index (κ3) is 2.64. The average molecular weight is 328 g/mol. The molecule has 2 N–H and O–H groups in total. The molecule has 6 heteroatoms. The summed E-state index contributed by atoms with van der Waals surface area (Å²) in [7, 11) is 1.87. The second-order valence-corrected chi connectivity index (χ2v) is 7.82. The van der Waals surface area contributed by atoms with Crippen molar-refractivity contribution in [1.29, 1.82) is 0 Å². The van der Waals surface area contributed by atoms with E-state index in [1.807, 2.05) is 37.1 Å². The maximum absolute atomic E-state index is 6.39. The van der Waals surface area contributed by atoms with Gasteiger partial charge in [-0.25, -0.2) is 0 Å². The number of nitrogens with two attached hydrogens (primary N) is 1. The molecule has 1 aliphatic rings. The Bertz CT molecular complexity index is 609. The van der Waals surface area contributed by atoms with Crippen molar-refractivity contribution in [3.05, 3.63) is 37.8 Å². The lowest BCUT2D eigenvalue weighted by Crippen LogP contribution is -2.12. The SMILES string of the molecule is Cc1nn(C)c(Cl)c1CC(N)c1cc2c(s1)CCSC2. The summed E-state index contributed by atoms with van der Waals surface area (Å²) in [6, 6.07) is 2.30. The Morgan fingerprint density at radius 2 is 2.35 bits per heavy atom. The lowest BCUT2D eigenvalue weighted by Gasteiger charge is -2.09. The van der Waals surface area contributed by atoms with E-state index in [4.69, 9.17) is 17.3 Å². The van der Waals surface area contributed by atoms with E-state index >= 15 is 0 Å². The van der Waals surface area contributed by atoms with Gasteiger partial charge >= 0.3 is 0 Å². The van der Waals surface area contributed by atoms with Gasteiger partial charge in [0.15, 0.2) is 0 Å². The summed E-state index contributed by atoms with van der Waals surface area (Å²) in [6.07, 6.45) is 1.94. The van der Waals surface area contributed by atoms with Gasteiger partial charge in [-0.05, 0) is 37.1 Å². The van der Waals surface area contributed by atoms with Crippen LogP contribution in [0.25, 0.3) is 0 Å². The molecule has 1 unspecified atom stereocenters. The molecular weight excluding hydrogens is 310 g/mol. The fourth-order valence-corrected chi connectivity index (χ4v) is 5.21. The highest BCUT2D eigenvalue weighted by atomic mass is 35.5. The van der Waals surface area contributed by atoms with Crippen molar-refractivity contribution in [2.24, 2.45) is 12.8 Å². The third-order valence-electron chi connectivity index (χ3n) is 3.71. The molecule has 0 aromatic carbocycles. The quantitative estimate of drug-likeness (QED) is 0.938. The van der Waals surface area contributed by atoms with Crippen LogP contribution in [0.5, 0.6) is 0 Å². The number of hydrogen-bond donors (Lipinski definition) is 1. The second kappa shape index (κ2) is 5.72. The Kier molecular flexibility index (Phi) is 4.13. The number of hydrogen-bond acceptors (Lipinski definition) is 4. The van der Waals surface area contributed by atoms with Gasteiger partial charge in [0.25, 0.3) is 0 Å². The molecule has 1 atom stereocenters. The van der Waals surface area contributed by atoms with Crippen LogP contribution in [0.2, 0.25) is 5.15 Å². The minimum atomic E-state index is 0.0102. The van der Waals surface area contributed by atoms with Gasteiger partial charge in [0.1, 0.15) is 5.15 Å². The van der Waals surface area contributed by atoms with Crippen molar-refractivity contribution in [2.75, 3.05) is 5.75 Å². The molecule has 1 aliphatic heterocycles. The Hall–Kier alpha value is -0.490. The zero-order valence-corrected chi connectivity index (χ0v) is 14.0. The third-order valence-corrected chi connectivity index (χ3v) is 6.56. The molecule has 0 amide bonds. The topological polar surface area (TPSA) is 43.8 Å². The molecule has 3 rings (SSSR count). The molecule has 0 fully saturated rings. The van der Waals surface area contributed by atoms with E-state index in [9.17, 15) is 0 Å². The van der Waals surface area contributed by atoms with Crippen LogP contribution >= 0.6 is 34.7 Å². The molecule has 20 heavy (non-hydrogen) atoms. The fraction of sp³-hybridized carbons (Fsp3) is 0.500. The van der Waals surface area contributed by atoms with Crippen molar-refractivity contribution >= 4 is 34.7 Å². The molecular formula is C14H18ClN3S2. The first-order chi connectivity index (χ1) is 9.56. The standard InChI is InChI=1S/C14H18ClN3S2/c1-8-10(14(15)18(2)17-8)6-11(16)13-5-9-7-19-4-3-12(9)20-13/h5,11H,3-4,6-7,16H2,1-2H3. The second-order valence-electron chi connectivity index (χ2n) is 5.19. The van der Waals surface area contributed by atoms with E-state index < -0.39 is 0 Å². The molecule has 0 saturated carbocycles. The number of thiophene rings is 1. The predicted octanol–water partition coefficient (Wildman–Crippen LogP) is 3.48. The highest BCUT2D eigenvalue weighted by molar-refractivity contribution is 7.98.